The molecule has 1 atom stereocenters. The SMILES string of the molecule is CN(C)C(=O)[C@H]1CCCN1S(=O)(=O)c1ccc2c(c1)CCC(=O)N2. The molecule has 1 aromatic carbocycles. The summed E-state index contributed by atoms with van der Waals surface area (Å²) in [6, 6.07) is 4.09. The minimum absolute atomic E-state index is 0.0608. The van der Waals surface area contributed by atoms with Gasteiger partial charge < -0.3 is 10.2 Å². The quantitative estimate of drug-likeness (QED) is 0.873. The molecule has 8 heteroatoms. The lowest BCUT2D eigenvalue weighted by Gasteiger charge is -2.26. The van der Waals surface area contributed by atoms with Crippen molar-refractivity contribution in [3.05, 3.63) is 23.8 Å². The van der Waals surface area contributed by atoms with Gasteiger partial charge >= 0.3 is 0 Å². The van der Waals surface area contributed by atoms with Gasteiger partial charge in [-0.25, -0.2) is 8.42 Å². The van der Waals surface area contributed by atoms with Crippen LogP contribution in [-0.4, -0.2) is 56.1 Å². The van der Waals surface area contributed by atoms with Gasteiger partial charge in [0.25, 0.3) is 0 Å². The van der Waals surface area contributed by atoms with Gasteiger partial charge in [0.15, 0.2) is 0 Å². The maximum absolute atomic E-state index is 13.0. The van der Waals surface area contributed by atoms with Crippen LogP contribution in [0.4, 0.5) is 5.69 Å². The molecule has 0 radical (unpaired) electrons. The number of likely N-dealkylation sites (N-methyl/N-ethyl adjacent to an activating group) is 1. The molecule has 1 saturated heterocycles. The molecule has 1 aromatic rings. The third-order valence-electron chi connectivity index (χ3n) is 4.51. The summed E-state index contributed by atoms with van der Waals surface area (Å²) in [4.78, 5) is 25.3. The van der Waals surface area contributed by atoms with Gasteiger partial charge in [-0.1, -0.05) is 0 Å². The van der Waals surface area contributed by atoms with Crippen molar-refractivity contribution in [2.75, 3.05) is 26.0 Å². The van der Waals surface area contributed by atoms with E-state index in [1.54, 1.807) is 26.2 Å². The zero-order valence-electron chi connectivity index (χ0n) is 13.8. The Morgan fingerprint density at radius 1 is 1.29 bits per heavy atom. The first kappa shape index (κ1) is 16.9. The molecule has 2 aliphatic heterocycles. The van der Waals surface area contributed by atoms with E-state index in [1.165, 1.54) is 15.3 Å². The van der Waals surface area contributed by atoms with Crippen LogP contribution in [0.25, 0.3) is 0 Å². The first-order chi connectivity index (χ1) is 11.3. The van der Waals surface area contributed by atoms with Crippen molar-refractivity contribution < 1.29 is 18.0 Å². The molecule has 0 unspecified atom stereocenters. The smallest absolute Gasteiger partial charge is 0.243 e. The average Bonchev–Trinajstić information content (AvgIpc) is 3.03. The van der Waals surface area contributed by atoms with Crippen LogP contribution in [0.2, 0.25) is 0 Å². The van der Waals surface area contributed by atoms with Crippen LogP contribution in [0.5, 0.6) is 0 Å². The Kier molecular flexibility index (Phi) is 4.35. The topological polar surface area (TPSA) is 86.8 Å². The molecule has 0 spiro atoms. The molecule has 2 aliphatic rings. The number of fused-ring (bicyclic) bond motifs is 1. The number of sulfonamides is 1. The summed E-state index contributed by atoms with van der Waals surface area (Å²) in [5, 5.41) is 2.74. The first-order valence-electron chi connectivity index (χ1n) is 7.96. The van der Waals surface area contributed by atoms with E-state index < -0.39 is 16.1 Å². The lowest BCUT2D eigenvalue weighted by atomic mass is 10.0. The van der Waals surface area contributed by atoms with E-state index >= 15 is 0 Å². The van der Waals surface area contributed by atoms with E-state index in [-0.39, 0.29) is 16.7 Å². The van der Waals surface area contributed by atoms with Gasteiger partial charge in [0.05, 0.1) is 4.90 Å². The highest BCUT2D eigenvalue weighted by Gasteiger charge is 2.40. The van der Waals surface area contributed by atoms with Crippen LogP contribution in [0.1, 0.15) is 24.8 Å². The van der Waals surface area contributed by atoms with Crippen molar-refractivity contribution in [1.29, 1.82) is 0 Å². The van der Waals surface area contributed by atoms with Crippen LogP contribution in [0, 0.1) is 0 Å². The lowest BCUT2D eigenvalue weighted by Crippen LogP contribution is -2.45. The Labute approximate surface area is 141 Å². The van der Waals surface area contributed by atoms with E-state index in [9.17, 15) is 18.0 Å². The number of amides is 2. The number of nitrogens with one attached hydrogen (secondary N) is 1. The van der Waals surface area contributed by atoms with Gasteiger partial charge in [0.2, 0.25) is 21.8 Å². The van der Waals surface area contributed by atoms with Crippen molar-refractivity contribution in [3.8, 4) is 0 Å². The van der Waals surface area contributed by atoms with Gasteiger partial charge in [-0.05, 0) is 43.0 Å². The van der Waals surface area contributed by atoms with Crippen molar-refractivity contribution in [3.63, 3.8) is 0 Å². The van der Waals surface area contributed by atoms with Crippen LogP contribution < -0.4 is 5.32 Å². The average molecular weight is 351 g/mol. The monoisotopic (exact) mass is 351 g/mol. The molecule has 24 heavy (non-hydrogen) atoms. The molecular formula is C16H21N3O4S. The third kappa shape index (κ3) is 2.91. The summed E-state index contributed by atoms with van der Waals surface area (Å²) >= 11 is 0. The molecule has 0 bridgehead atoms. The minimum Gasteiger partial charge on any atom is -0.347 e. The molecule has 130 valence electrons. The number of aryl methyl sites for hydroxylation is 1. The Morgan fingerprint density at radius 2 is 2.04 bits per heavy atom. The normalized spacial score (nSPS) is 21.2. The molecule has 3 rings (SSSR count). The second-order valence-corrected chi connectivity index (χ2v) is 8.26. The minimum atomic E-state index is -3.74. The first-order valence-corrected chi connectivity index (χ1v) is 9.40. The van der Waals surface area contributed by atoms with Crippen LogP contribution in [-0.2, 0) is 26.0 Å². The number of rotatable bonds is 3. The summed E-state index contributed by atoms with van der Waals surface area (Å²) in [5.41, 5.74) is 1.47. The standard InChI is InChI=1S/C16H21N3O4S/c1-18(2)16(21)14-4-3-9-19(14)24(22,23)12-6-7-13-11(10-12)5-8-15(20)17-13/h6-7,10,14H,3-5,8-9H2,1-2H3,(H,17,20)/t14-/m1/s1. The summed E-state index contributed by atoms with van der Waals surface area (Å²) in [6.07, 6.45) is 2.08. The highest BCUT2D eigenvalue weighted by molar-refractivity contribution is 7.89. The van der Waals surface area contributed by atoms with Gasteiger partial charge in [-0.3, -0.25) is 9.59 Å². The third-order valence-corrected chi connectivity index (χ3v) is 6.41. The number of carbonyl (C=O) groups excluding carboxylic acids is 2. The largest absolute Gasteiger partial charge is 0.347 e. The lowest BCUT2D eigenvalue weighted by molar-refractivity contribution is -0.132. The van der Waals surface area contributed by atoms with Crippen LogP contribution in [0.3, 0.4) is 0 Å². The van der Waals surface area contributed by atoms with Gasteiger partial charge in [-0.15, -0.1) is 0 Å². The fourth-order valence-electron chi connectivity index (χ4n) is 3.23. The second-order valence-electron chi connectivity index (χ2n) is 6.37. The van der Waals surface area contributed by atoms with E-state index in [4.69, 9.17) is 0 Å². The van der Waals surface area contributed by atoms with Gasteiger partial charge in [0.1, 0.15) is 6.04 Å². The van der Waals surface area contributed by atoms with Gasteiger partial charge in [-0.2, -0.15) is 4.31 Å². The zero-order valence-corrected chi connectivity index (χ0v) is 14.6. The number of anilines is 1. The Morgan fingerprint density at radius 3 is 2.75 bits per heavy atom. The molecule has 0 aromatic heterocycles. The number of hydrogen-bond acceptors (Lipinski definition) is 4. The molecule has 0 saturated carbocycles. The summed E-state index contributed by atoms with van der Waals surface area (Å²) in [7, 11) is -0.476. The highest BCUT2D eigenvalue weighted by atomic mass is 32.2. The Balaban J connectivity index is 1.93. The second kappa shape index (κ2) is 6.18. The molecule has 0 aliphatic carbocycles. The number of hydrogen-bond donors (Lipinski definition) is 1. The summed E-state index contributed by atoms with van der Waals surface area (Å²) in [5.74, 6) is -0.254. The van der Waals surface area contributed by atoms with E-state index in [0.29, 0.717) is 37.9 Å². The van der Waals surface area contributed by atoms with Crippen molar-refractivity contribution in [2.24, 2.45) is 0 Å². The van der Waals surface area contributed by atoms with Crippen LogP contribution >= 0.6 is 0 Å². The predicted molar refractivity (Wildman–Crippen MR) is 89.0 cm³/mol. The molecule has 7 nitrogen and oxygen atoms in total. The number of benzene rings is 1. The molecule has 2 amide bonds. The highest BCUT2D eigenvalue weighted by Crippen LogP contribution is 2.30. The van der Waals surface area contributed by atoms with Gasteiger partial charge in [0, 0.05) is 32.7 Å². The van der Waals surface area contributed by atoms with E-state index in [2.05, 4.69) is 5.32 Å². The Hall–Kier alpha value is -1.93. The number of carbonyl (C=O) groups is 2. The van der Waals surface area contributed by atoms with E-state index in [0.717, 1.165) is 5.56 Å². The molecule has 2 heterocycles. The van der Waals surface area contributed by atoms with Crippen molar-refractivity contribution >= 4 is 27.5 Å². The maximum atomic E-state index is 13.0. The molecular weight excluding hydrogens is 330 g/mol. The maximum Gasteiger partial charge on any atom is 0.243 e. The van der Waals surface area contributed by atoms with E-state index in [1.807, 2.05) is 0 Å². The Bertz CT molecular complexity index is 789. The molecule has 1 fully saturated rings. The fourth-order valence-corrected chi connectivity index (χ4v) is 4.93. The zero-order chi connectivity index (χ0) is 17.5. The fraction of sp³-hybridized carbons (Fsp3) is 0.500. The summed E-state index contributed by atoms with van der Waals surface area (Å²) in [6.45, 7) is 0.348. The summed E-state index contributed by atoms with van der Waals surface area (Å²) < 4.78 is 27.3. The molecule has 1 N–H and O–H groups in total. The predicted octanol–water partition coefficient (Wildman–Crippen LogP) is 0.813. The van der Waals surface area contributed by atoms with Crippen LogP contribution in [0.15, 0.2) is 23.1 Å². The van der Waals surface area contributed by atoms with Crippen molar-refractivity contribution in [1.82, 2.24) is 9.21 Å². The number of nitrogens with zero attached hydrogens (tertiary/aromatic N) is 2. The van der Waals surface area contributed by atoms with Crippen molar-refractivity contribution in [2.45, 2.75) is 36.6 Å².